The molecule has 1 aromatic heterocycles. The van der Waals surface area contributed by atoms with Gasteiger partial charge in [-0.25, -0.2) is 4.98 Å². The van der Waals surface area contributed by atoms with Gasteiger partial charge in [0.2, 0.25) is 0 Å². The summed E-state index contributed by atoms with van der Waals surface area (Å²) >= 11 is 5.32. The zero-order valence-corrected chi connectivity index (χ0v) is 11.0. The predicted octanol–water partition coefficient (Wildman–Crippen LogP) is 3.77. The van der Waals surface area contributed by atoms with Crippen LogP contribution in [0, 0.1) is 17.5 Å². The summed E-state index contributed by atoms with van der Waals surface area (Å²) in [5.41, 5.74) is 2.35. The van der Waals surface area contributed by atoms with Crippen molar-refractivity contribution >= 4 is 12.2 Å². The minimum Gasteiger partial charge on any atom is -0.347 e. The van der Waals surface area contributed by atoms with Crippen LogP contribution in [0.4, 0.5) is 0 Å². The van der Waals surface area contributed by atoms with Crippen molar-refractivity contribution in [3.8, 4) is 0 Å². The minimum absolute atomic E-state index is 0.439. The molecule has 0 radical (unpaired) electrons. The molecule has 15 heavy (non-hydrogen) atoms. The first-order chi connectivity index (χ1) is 6.91. The van der Waals surface area contributed by atoms with Crippen LogP contribution in [0.1, 0.15) is 50.7 Å². The van der Waals surface area contributed by atoms with Gasteiger partial charge in [0.05, 0.1) is 0 Å². The summed E-state index contributed by atoms with van der Waals surface area (Å²) in [5.74, 6) is 2.05. The number of H-pyrrole nitrogens is 1. The number of aryl methyl sites for hydroxylation is 1. The van der Waals surface area contributed by atoms with Gasteiger partial charge in [0, 0.05) is 17.7 Å². The highest BCUT2D eigenvalue weighted by molar-refractivity contribution is 7.71. The smallest absolute Gasteiger partial charge is 0.133 e. The third-order valence-corrected chi connectivity index (χ3v) is 2.69. The van der Waals surface area contributed by atoms with Crippen LogP contribution in [0.25, 0.3) is 0 Å². The molecule has 1 N–H and O–H groups in total. The second-order valence-corrected chi connectivity index (χ2v) is 5.17. The first-order valence-electron chi connectivity index (χ1n) is 5.51. The molecule has 0 aliphatic rings. The van der Waals surface area contributed by atoms with Gasteiger partial charge in [0.25, 0.3) is 0 Å². The van der Waals surface area contributed by atoms with Crippen LogP contribution in [-0.4, -0.2) is 9.97 Å². The molecule has 0 bridgehead atoms. The highest BCUT2D eigenvalue weighted by Crippen LogP contribution is 2.18. The lowest BCUT2D eigenvalue weighted by molar-refractivity contribution is 0.615. The standard InChI is InChI=1S/C12H20N2S/c1-7(2)6-10-13-9(5)11(8(3)4)12(15)14-10/h7-8H,6H2,1-5H3,(H,13,14,15). The van der Waals surface area contributed by atoms with E-state index in [4.69, 9.17) is 12.2 Å². The van der Waals surface area contributed by atoms with Crippen molar-refractivity contribution in [3.63, 3.8) is 0 Å². The van der Waals surface area contributed by atoms with Gasteiger partial charge in [0.1, 0.15) is 10.5 Å². The van der Waals surface area contributed by atoms with Crippen LogP contribution in [-0.2, 0) is 6.42 Å². The Kier molecular flexibility index (Phi) is 4.03. The number of hydrogen-bond acceptors (Lipinski definition) is 2. The Morgan fingerprint density at radius 1 is 1.27 bits per heavy atom. The molecule has 3 heteroatoms. The maximum absolute atomic E-state index is 5.32. The number of hydrogen-bond donors (Lipinski definition) is 1. The molecule has 1 aromatic rings. The summed E-state index contributed by atoms with van der Waals surface area (Å²) in [6.07, 6.45) is 0.961. The Balaban J connectivity index is 3.14. The molecule has 0 spiro atoms. The quantitative estimate of drug-likeness (QED) is 0.792. The van der Waals surface area contributed by atoms with E-state index < -0.39 is 0 Å². The normalized spacial score (nSPS) is 11.4. The van der Waals surface area contributed by atoms with Gasteiger partial charge in [0.15, 0.2) is 0 Å². The lowest BCUT2D eigenvalue weighted by Gasteiger charge is -2.12. The molecule has 1 heterocycles. The Labute approximate surface area is 97.1 Å². The summed E-state index contributed by atoms with van der Waals surface area (Å²) in [5, 5.41) is 0. The van der Waals surface area contributed by atoms with Crippen LogP contribution in [0.2, 0.25) is 0 Å². The van der Waals surface area contributed by atoms with E-state index in [0.29, 0.717) is 11.8 Å². The molecular weight excluding hydrogens is 204 g/mol. The molecule has 84 valence electrons. The van der Waals surface area contributed by atoms with Crippen LogP contribution in [0.15, 0.2) is 0 Å². The van der Waals surface area contributed by atoms with Crippen molar-refractivity contribution < 1.29 is 0 Å². The molecule has 0 atom stereocenters. The monoisotopic (exact) mass is 224 g/mol. The maximum Gasteiger partial charge on any atom is 0.133 e. The average molecular weight is 224 g/mol. The van der Waals surface area contributed by atoms with Crippen molar-refractivity contribution in [2.24, 2.45) is 5.92 Å². The van der Waals surface area contributed by atoms with Gasteiger partial charge in [-0.3, -0.25) is 0 Å². The SMILES string of the molecule is Cc1[nH]c(CC(C)C)nc(=S)c1C(C)C. The predicted molar refractivity (Wildman–Crippen MR) is 66.8 cm³/mol. The van der Waals surface area contributed by atoms with Crippen molar-refractivity contribution in [1.29, 1.82) is 0 Å². The van der Waals surface area contributed by atoms with Crippen LogP contribution < -0.4 is 0 Å². The number of rotatable bonds is 3. The summed E-state index contributed by atoms with van der Waals surface area (Å²) in [6, 6.07) is 0. The minimum atomic E-state index is 0.439. The number of aromatic amines is 1. The van der Waals surface area contributed by atoms with E-state index in [1.165, 1.54) is 11.3 Å². The van der Waals surface area contributed by atoms with Gasteiger partial charge in [-0.2, -0.15) is 0 Å². The molecule has 0 aromatic carbocycles. The van der Waals surface area contributed by atoms with Gasteiger partial charge in [-0.1, -0.05) is 39.9 Å². The number of nitrogens with one attached hydrogen (secondary N) is 1. The summed E-state index contributed by atoms with van der Waals surface area (Å²) in [6.45, 7) is 10.7. The van der Waals surface area contributed by atoms with Crippen molar-refractivity contribution in [1.82, 2.24) is 9.97 Å². The Morgan fingerprint density at radius 2 is 1.87 bits per heavy atom. The zero-order valence-electron chi connectivity index (χ0n) is 10.2. The number of nitrogens with zero attached hydrogens (tertiary/aromatic N) is 1. The molecule has 0 unspecified atom stereocenters. The van der Waals surface area contributed by atoms with E-state index in [1.807, 2.05) is 0 Å². The number of aromatic nitrogens is 2. The lowest BCUT2D eigenvalue weighted by atomic mass is 10.0. The van der Waals surface area contributed by atoms with Crippen LogP contribution in [0.5, 0.6) is 0 Å². The fourth-order valence-electron chi connectivity index (χ4n) is 1.82. The molecule has 0 saturated heterocycles. The Morgan fingerprint density at radius 3 is 2.27 bits per heavy atom. The second kappa shape index (κ2) is 4.88. The summed E-state index contributed by atoms with van der Waals surface area (Å²) in [7, 11) is 0. The van der Waals surface area contributed by atoms with Gasteiger partial charge >= 0.3 is 0 Å². The second-order valence-electron chi connectivity index (χ2n) is 4.78. The first-order valence-corrected chi connectivity index (χ1v) is 5.92. The zero-order chi connectivity index (χ0) is 11.6. The van der Waals surface area contributed by atoms with E-state index in [2.05, 4.69) is 44.6 Å². The molecule has 0 aliphatic carbocycles. The first kappa shape index (κ1) is 12.4. The van der Waals surface area contributed by atoms with E-state index in [1.54, 1.807) is 0 Å². The largest absolute Gasteiger partial charge is 0.347 e. The topological polar surface area (TPSA) is 28.7 Å². The Hall–Kier alpha value is -0.700. The molecular formula is C12H20N2S. The fraction of sp³-hybridized carbons (Fsp3) is 0.667. The molecule has 0 fully saturated rings. The summed E-state index contributed by atoms with van der Waals surface area (Å²) < 4.78 is 0.761. The third-order valence-electron chi connectivity index (χ3n) is 2.38. The van der Waals surface area contributed by atoms with Crippen LogP contribution in [0.3, 0.4) is 0 Å². The van der Waals surface area contributed by atoms with Gasteiger partial charge < -0.3 is 4.98 Å². The van der Waals surface area contributed by atoms with Gasteiger partial charge in [-0.15, -0.1) is 0 Å². The maximum atomic E-state index is 5.32. The Bertz CT molecular complexity index is 391. The molecule has 2 nitrogen and oxygen atoms in total. The fourth-order valence-corrected chi connectivity index (χ4v) is 2.32. The highest BCUT2D eigenvalue weighted by Gasteiger charge is 2.09. The molecule has 0 saturated carbocycles. The van der Waals surface area contributed by atoms with E-state index in [-0.39, 0.29) is 0 Å². The van der Waals surface area contributed by atoms with Crippen molar-refractivity contribution in [3.05, 3.63) is 21.7 Å². The van der Waals surface area contributed by atoms with Crippen molar-refractivity contribution in [2.75, 3.05) is 0 Å². The highest BCUT2D eigenvalue weighted by atomic mass is 32.1. The van der Waals surface area contributed by atoms with Crippen LogP contribution >= 0.6 is 12.2 Å². The van der Waals surface area contributed by atoms with E-state index in [9.17, 15) is 0 Å². The summed E-state index contributed by atoms with van der Waals surface area (Å²) in [4.78, 5) is 7.81. The van der Waals surface area contributed by atoms with E-state index in [0.717, 1.165) is 16.9 Å². The average Bonchev–Trinajstić information content (AvgIpc) is 1.99. The molecule has 1 rings (SSSR count). The third kappa shape index (κ3) is 3.13. The lowest BCUT2D eigenvalue weighted by Crippen LogP contribution is -2.06. The molecule has 0 amide bonds. The van der Waals surface area contributed by atoms with Crippen molar-refractivity contribution in [2.45, 2.75) is 47.0 Å². The van der Waals surface area contributed by atoms with Gasteiger partial charge in [-0.05, 0) is 18.8 Å². The molecule has 0 aliphatic heterocycles. The van der Waals surface area contributed by atoms with E-state index >= 15 is 0 Å².